The second-order valence-electron chi connectivity index (χ2n) is 27.3. The average Bonchev–Trinajstić information content (AvgIpc) is 1.89. The van der Waals surface area contributed by atoms with E-state index in [1.807, 2.05) is 29.4 Å². The maximum absolute atomic E-state index is 12.3. The number of ether oxygens (including phenoxy) is 12. The van der Waals surface area contributed by atoms with Crippen molar-refractivity contribution in [3.63, 3.8) is 0 Å². The van der Waals surface area contributed by atoms with Crippen LogP contribution < -0.4 is 0 Å². The van der Waals surface area contributed by atoms with Crippen LogP contribution in [0.2, 0.25) is 0 Å². The van der Waals surface area contributed by atoms with Crippen molar-refractivity contribution >= 4 is 0 Å². The Morgan fingerprint density at radius 1 is 0.186 bits per heavy atom. The van der Waals surface area contributed by atoms with Crippen LogP contribution in [-0.2, 0) is 56.8 Å². The lowest BCUT2D eigenvalue weighted by Crippen LogP contribution is -2.38. The number of hydrogen-bond donors (Lipinski definition) is 0. The van der Waals surface area contributed by atoms with Crippen LogP contribution in [0.5, 0.6) is 0 Å². The minimum absolute atomic E-state index is 0.271. The molecule has 8 heterocycles. The van der Waals surface area contributed by atoms with Crippen molar-refractivity contribution in [2.45, 2.75) is 167 Å². The molecule has 0 aromatic carbocycles. The number of alkyl halides is 16. The lowest BCUT2D eigenvalue weighted by Gasteiger charge is -2.26. The van der Waals surface area contributed by atoms with E-state index in [0.29, 0.717) is 79.8 Å². The number of rotatable bonds is 32. The first kappa shape index (κ1) is 98.1. The van der Waals surface area contributed by atoms with E-state index < -0.39 is 100 Å². The van der Waals surface area contributed by atoms with Gasteiger partial charge in [-0.1, -0.05) is 12.8 Å². The molecule has 8 saturated heterocycles. The number of hydrogen-bond acceptors (Lipinski definition) is 20. The number of likely N-dealkylation sites (tertiary alicyclic amines) is 4. The van der Waals surface area contributed by atoms with Gasteiger partial charge in [-0.05, 0) is 51.4 Å². The van der Waals surface area contributed by atoms with Crippen LogP contribution in [0, 0.1) is 0 Å². The molecule has 0 aromatic heterocycles. The molecule has 0 unspecified atom stereocenters. The van der Waals surface area contributed by atoms with Crippen molar-refractivity contribution in [1.29, 1.82) is 0 Å². The van der Waals surface area contributed by atoms with E-state index in [-0.39, 0.29) is 26.9 Å². The van der Waals surface area contributed by atoms with E-state index in [1.165, 1.54) is 12.8 Å². The third kappa shape index (κ3) is 68.6. The van der Waals surface area contributed by atoms with Crippen LogP contribution in [-0.4, -0.2) is 351 Å². The van der Waals surface area contributed by atoms with E-state index in [9.17, 15) is 70.2 Å². The fourth-order valence-corrected chi connectivity index (χ4v) is 9.75. The van der Waals surface area contributed by atoms with Gasteiger partial charge in [-0.2, -0.15) is 0 Å². The van der Waals surface area contributed by atoms with Crippen molar-refractivity contribution in [2.75, 3.05) is 264 Å². The van der Waals surface area contributed by atoms with Crippen molar-refractivity contribution in [3.05, 3.63) is 0 Å². The predicted molar refractivity (Wildman–Crippen MR) is 354 cm³/mol. The molecule has 8 rings (SSSR count). The summed E-state index contributed by atoms with van der Waals surface area (Å²) in [6.07, 6.45) is 11.8. The van der Waals surface area contributed by atoms with Crippen molar-refractivity contribution in [3.8, 4) is 0 Å². The van der Waals surface area contributed by atoms with Crippen molar-refractivity contribution < 1.29 is 127 Å². The van der Waals surface area contributed by atoms with Gasteiger partial charge in [0.25, 0.3) is 47.4 Å². The highest BCUT2D eigenvalue weighted by Gasteiger charge is 2.28. The fraction of sp³-hybridized carbons (Fsp3) is 1.00. The third-order valence-electron chi connectivity index (χ3n) is 14.7. The van der Waals surface area contributed by atoms with Crippen molar-refractivity contribution in [1.82, 2.24) is 39.2 Å². The Bertz CT molecular complexity index is 1620. The zero-order valence-electron chi connectivity index (χ0n) is 61.9. The second kappa shape index (κ2) is 54.6. The van der Waals surface area contributed by atoms with E-state index in [1.54, 1.807) is 0 Å². The van der Waals surface area contributed by atoms with E-state index in [2.05, 4.69) is 9.80 Å². The smallest absolute Gasteiger partial charge is 0.268 e. The first-order valence-electron chi connectivity index (χ1n) is 35.4. The lowest BCUT2D eigenvalue weighted by molar-refractivity contribution is -0.100. The summed E-state index contributed by atoms with van der Waals surface area (Å²) in [5.74, 6) is -21.7. The van der Waals surface area contributed by atoms with E-state index >= 15 is 0 Å². The molecule has 20 nitrogen and oxygen atoms in total. The number of nitrogens with zero attached hydrogens (tertiary/aromatic N) is 8. The molecule has 0 radical (unpaired) electrons. The molecule has 0 aliphatic carbocycles. The Labute approximate surface area is 596 Å². The molecule has 0 aromatic rings. The fourth-order valence-electron chi connectivity index (χ4n) is 9.75. The molecule has 0 amide bonds. The summed E-state index contributed by atoms with van der Waals surface area (Å²) < 4.78 is 256. The highest BCUT2D eigenvalue weighted by atomic mass is 19.3. The topological polar surface area (TPSA) is 137 Å². The zero-order valence-corrected chi connectivity index (χ0v) is 61.9. The van der Waals surface area contributed by atoms with Gasteiger partial charge in [0, 0.05) is 160 Å². The first-order valence-corrected chi connectivity index (χ1v) is 35.4. The molecular weight excluding hydrogens is 1400 g/mol. The SMILES string of the molecule is CC(F)(F)COCN1CCCC1.CC(F)(F)COCN1CCCC1.CC(F)(F)COCN1CCCCC1.CC(F)(F)COCN1CCCCC1.CC(F)(F)COCN1CCOCC1.CC(F)(F)COCN1CCOCC1.CC(F)(F)COCN1CCOCC1.CC(F)(F)COCN1CCOCC1. The van der Waals surface area contributed by atoms with Gasteiger partial charge in [-0.25, -0.2) is 70.2 Å². The van der Waals surface area contributed by atoms with Gasteiger partial charge in [0.05, 0.1) is 107 Å². The second-order valence-corrected chi connectivity index (χ2v) is 27.3. The summed E-state index contributed by atoms with van der Waals surface area (Å²) in [6.45, 7) is 24.7. The summed E-state index contributed by atoms with van der Waals surface area (Å²) in [6, 6.07) is 0. The lowest BCUT2D eigenvalue weighted by atomic mass is 10.1. The van der Waals surface area contributed by atoms with Crippen molar-refractivity contribution in [2.24, 2.45) is 0 Å². The number of piperidine rings is 2. The van der Waals surface area contributed by atoms with Gasteiger partial charge in [0.1, 0.15) is 52.9 Å². The number of morpholine rings is 4. The van der Waals surface area contributed by atoms with E-state index in [0.717, 1.165) is 211 Å². The highest BCUT2D eigenvalue weighted by molar-refractivity contribution is 4.69. The molecule has 0 bridgehead atoms. The van der Waals surface area contributed by atoms with Gasteiger partial charge < -0.3 is 56.8 Å². The molecular formula is C66H124F16N8O12. The zero-order chi connectivity index (χ0) is 76.5. The Morgan fingerprint density at radius 2 is 0.294 bits per heavy atom. The Hall–Kier alpha value is -1.92. The van der Waals surface area contributed by atoms with E-state index in [4.69, 9.17) is 56.8 Å². The standard InChI is InChI=1S/2C9H17F2NO.4C8H15F2NO2.2C8H15F2NO/c2*1-9(10,11)7-13-8-12-5-3-2-4-6-12;4*1-8(9,10)6-13-7-11-2-4-12-5-3-11;2*1-8(9,10)6-12-7-11-4-2-3-5-11/h2*2-8H2,1H3;4*2-7H2,1H3;2*2-7H2,1H3. The molecule has 36 heteroatoms. The summed E-state index contributed by atoms with van der Waals surface area (Å²) in [4.78, 5) is 16.1. The summed E-state index contributed by atoms with van der Waals surface area (Å²) in [7, 11) is 0. The predicted octanol–water partition coefficient (Wildman–Crippen LogP) is 11.4. The van der Waals surface area contributed by atoms with Crippen LogP contribution in [0.3, 0.4) is 0 Å². The molecule has 0 spiro atoms. The molecule has 0 N–H and O–H groups in total. The summed E-state index contributed by atoms with van der Waals surface area (Å²) in [5.41, 5.74) is 0. The Kier molecular flexibility index (Phi) is 52.5. The van der Waals surface area contributed by atoms with Gasteiger partial charge in [-0.15, -0.1) is 0 Å². The van der Waals surface area contributed by atoms with Gasteiger partial charge in [0.2, 0.25) is 0 Å². The van der Waals surface area contributed by atoms with Crippen LogP contribution >= 0.6 is 0 Å². The summed E-state index contributed by atoms with van der Waals surface area (Å²) in [5, 5.41) is 0. The quantitative estimate of drug-likeness (QED) is 0.0590. The minimum Gasteiger partial charge on any atom is -0.379 e. The maximum Gasteiger partial charge on any atom is 0.268 e. The van der Waals surface area contributed by atoms with Crippen LogP contribution in [0.25, 0.3) is 0 Å². The highest BCUT2D eigenvalue weighted by Crippen LogP contribution is 2.19. The minimum atomic E-state index is -2.73. The Balaban J connectivity index is 0.000000583. The summed E-state index contributed by atoms with van der Waals surface area (Å²) >= 11 is 0. The van der Waals surface area contributed by atoms with Crippen LogP contribution in [0.15, 0.2) is 0 Å². The molecule has 8 aliphatic heterocycles. The monoisotopic (exact) mass is 1520 g/mol. The maximum atomic E-state index is 12.3. The van der Waals surface area contributed by atoms with Gasteiger partial charge >= 0.3 is 0 Å². The molecule has 8 fully saturated rings. The van der Waals surface area contributed by atoms with Crippen LogP contribution in [0.4, 0.5) is 70.2 Å². The molecule has 0 atom stereocenters. The average molecular weight is 1530 g/mol. The Morgan fingerprint density at radius 3 is 0.412 bits per heavy atom. The molecule has 0 saturated carbocycles. The van der Waals surface area contributed by atoms with Crippen LogP contribution in [0.1, 0.15) is 120 Å². The molecule has 612 valence electrons. The largest absolute Gasteiger partial charge is 0.379 e. The molecule has 8 aliphatic rings. The molecule has 102 heavy (non-hydrogen) atoms. The normalized spacial score (nSPS) is 20.5. The first-order chi connectivity index (χ1) is 47.6. The van der Waals surface area contributed by atoms with Gasteiger partial charge in [0.15, 0.2) is 0 Å². The third-order valence-corrected chi connectivity index (χ3v) is 14.7. The van der Waals surface area contributed by atoms with Gasteiger partial charge in [-0.3, -0.25) is 39.2 Å². The number of halogens is 16.